The van der Waals surface area contributed by atoms with Gasteiger partial charge >= 0.3 is 0 Å². The topological polar surface area (TPSA) is 15.3 Å². The van der Waals surface area contributed by atoms with Gasteiger partial charge in [0.25, 0.3) is 0 Å². The summed E-state index contributed by atoms with van der Waals surface area (Å²) in [5, 5.41) is 3.74. The summed E-state index contributed by atoms with van der Waals surface area (Å²) in [7, 11) is 0. The van der Waals surface area contributed by atoms with E-state index in [0.717, 1.165) is 12.1 Å². The summed E-state index contributed by atoms with van der Waals surface area (Å²) < 4.78 is 0. The number of fused-ring (bicyclic) bond motifs is 2. The Morgan fingerprint density at radius 1 is 1.11 bits per heavy atom. The number of thioether (sulfide) groups is 1. The van der Waals surface area contributed by atoms with Crippen molar-refractivity contribution in [3.63, 3.8) is 0 Å². The number of hydrogen-bond acceptors (Lipinski definition) is 3. The molecule has 0 amide bonds. The van der Waals surface area contributed by atoms with Gasteiger partial charge in [0, 0.05) is 35.8 Å². The van der Waals surface area contributed by atoms with Crippen LogP contribution >= 0.6 is 11.8 Å². The van der Waals surface area contributed by atoms with Crippen molar-refractivity contribution in [2.75, 3.05) is 25.4 Å². The Hall–Kier alpha value is -0.510. The van der Waals surface area contributed by atoms with Crippen LogP contribution in [0, 0.1) is 0 Å². The first-order valence-electron chi connectivity index (χ1n) is 7.06. The Morgan fingerprint density at radius 2 is 1.94 bits per heavy atom. The van der Waals surface area contributed by atoms with E-state index in [1.165, 1.54) is 49.5 Å². The second kappa shape index (κ2) is 6.09. The molecule has 2 unspecified atom stereocenters. The molecule has 1 aromatic rings. The molecule has 2 fully saturated rings. The van der Waals surface area contributed by atoms with E-state index in [1.54, 1.807) is 0 Å². The number of benzene rings is 1. The number of nitrogens with one attached hydrogen (secondary N) is 1. The molecule has 0 saturated carbocycles. The Kier molecular flexibility index (Phi) is 4.24. The molecule has 0 radical (unpaired) electrons. The smallest absolute Gasteiger partial charge is 0.0198 e. The maximum atomic E-state index is 3.74. The van der Waals surface area contributed by atoms with E-state index in [2.05, 4.69) is 40.5 Å². The normalized spacial score (nSPS) is 28.2. The van der Waals surface area contributed by atoms with Gasteiger partial charge in [-0.1, -0.05) is 18.2 Å². The summed E-state index contributed by atoms with van der Waals surface area (Å²) in [5.41, 5.74) is 0. The first-order chi connectivity index (χ1) is 8.90. The molecule has 2 aliphatic rings. The maximum absolute atomic E-state index is 3.74. The molecule has 2 bridgehead atoms. The first-order valence-corrected chi connectivity index (χ1v) is 8.05. The molecule has 3 rings (SSSR count). The van der Waals surface area contributed by atoms with Gasteiger partial charge in [-0.15, -0.1) is 11.8 Å². The van der Waals surface area contributed by atoms with Crippen LogP contribution in [0.4, 0.5) is 0 Å². The highest BCUT2D eigenvalue weighted by atomic mass is 32.2. The quantitative estimate of drug-likeness (QED) is 0.840. The monoisotopic (exact) mass is 262 g/mol. The molecule has 2 nitrogen and oxygen atoms in total. The zero-order valence-electron chi connectivity index (χ0n) is 10.8. The lowest BCUT2D eigenvalue weighted by Gasteiger charge is -2.23. The largest absolute Gasteiger partial charge is 0.310 e. The molecule has 98 valence electrons. The lowest BCUT2D eigenvalue weighted by Crippen LogP contribution is -2.36. The standard InChI is InChI=1S/C15H22N2S/c1-2-4-15(5-3-1)18-11-10-17-9-8-13-6-7-14(12-17)16-13/h1-5,13-14,16H,6-12H2. The van der Waals surface area contributed by atoms with Crippen molar-refractivity contribution in [1.82, 2.24) is 10.2 Å². The van der Waals surface area contributed by atoms with Gasteiger partial charge in [-0.2, -0.15) is 0 Å². The maximum Gasteiger partial charge on any atom is 0.0198 e. The van der Waals surface area contributed by atoms with Gasteiger partial charge in [0.05, 0.1) is 0 Å². The van der Waals surface area contributed by atoms with Crippen LogP contribution in [0.5, 0.6) is 0 Å². The highest BCUT2D eigenvalue weighted by Gasteiger charge is 2.28. The van der Waals surface area contributed by atoms with Crippen LogP contribution in [-0.4, -0.2) is 42.4 Å². The molecule has 1 aromatic carbocycles. The predicted octanol–water partition coefficient (Wildman–Crippen LogP) is 2.61. The molecular weight excluding hydrogens is 240 g/mol. The van der Waals surface area contributed by atoms with E-state index < -0.39 is 0 Å². The summed E-state index contributed by atoms with van der Waals surface area (Å²) in [6, 6.07) is 12.3. The van der Waals surface area contributed by atoms with Crippen molar-refractivity contribution in [2.24, 2.45) is 0 Å². The summed E-state index contributed by atoms with van der Waals surface area (Å²) in [5.74, 6) is 1.21. The lowest BCUT2D eigenvalue weighted by atomic mass is 10.1. The number of hydrogen-bond donors (Lipinski definition) is 1. The van der Waals surface area contributed by atoms with Crippen LogP contribution in [0.2, 0.25) is 0 Å². The van der Waals surface area contributed by atoms with Crippen LogP contribution in [-0.2, 0) is 0 Å². The van der Waals surface area contributed by atoms with E-state index in [9.17, 15) is 0 Å². The average molecular weight is 262 g/mol. The third kappa shape index (κ3) is 3.28. The van der Waals surface area contributed by atoms with Gasteiger partial charge < -0.3 is 10.2 Å². The molecule has 2 heterocycles. The molecule has 0 spiro atoms. The van der Waals surface area contributed by atoms with Crippen LogP contribution in [0.25, 0.3) is 0 Å². The highest BCUT2D eigenvalue weighted by Crippen LogP contribution is 2.21. The van der Waals surface area contributed by atoms with Crippen molar-refractivity contribution in [2.45, 2.75) is 36.2 Å². The number of rotatable bonds is 4. The predicted molar refractivity (Wildman–Crippen MR) is 78.2 cm³/mol. The van der Waals surface area contributed by atoms with Crippen LogP contribution in [0.15, 0.2) is 35.2 Å². The van der Waals surface area contributed by atoms with Crippen LogP contribution in [0.3, 0.4) is 0 Å². The van der Waals surface area contributed by atoms with Crippen molar-refractivity contribution in [3.05, 3.63) is 30.3 Å². The summed E-state index contributed by atoms with van der Waals surface area (Å²) in [6.45, 7) is 3.76. The van der Waals surface area contributed by atoms with Gasteiger partial charge in [-0.3, -0.25) is 0 Å². The van der Waals surface area contributed by atoms with E-state index >= 15 is 0 Å². The third-order valence-electron chi connectivity index (χ3n) is 4.03. The van der Waals surface area contributed by atoms with Gasteiger partial charge in [0.2, 0.25) is 0 Å². The molecule has 3 heteroatoms. The fourth-order valence-electron chi connectivity index (χ4n) is 3.03. The molecule has 2 atom stereocenters. The highest BCUT2D eigenvalue weighted by molar-refractivity contribution is 7.99. The third-order valence-corrected chi connectivity index (χ3v) is 5.02. The second-order valence-corrected chi connectivity index (χ2v) is 6.56. The van der Waals surface area contributed by atoms with E-state index in [1.807, 2.05) is 11.8 Å². The summed E-state index contributed by atoms with van der Waals surface area (Å²) in [6.07, 6.45) is 4.12. The van der Waals surface area contributed by atoms with E-state index in [-0.39, 0.29) is 0 Å². The number of nitrogens with zero attached hydrogens (tertiary/aromatic N) is 1. The molecule has 2 saturated heterocycles. The van der Waals surface area contributed by atoms with Gasteiger partial charge in [-0.05, 0) is 37.9 Å². The molecule has 1 N–H and O–H groups in total. The van der Waals surface area contributed by atoms with Crippen molar-refractivity contribution in [1.29, 1.82) is 0 Å². The second-order valence-electron chi connectivity index (χ2n) is 5.39. The van der Waals surface area contributed by atoms with Gasteiger partial charge in [-0.25, -0.2) is 0 Å². The van der Waals surface area contributed by atoms with E-state index in [4.69, 9.17) is 0 Å². The molecular formula is C15H22N2S. The number of likely N-dealkylation sites (tertiary alicyclic amines) is 1. The minimum atomic E-state index is 0.763. The minimum absolute atomic E-state index is 0.763. The van der Waals surface area contributed by atoms with Crippen molar-refractivity contribution >= 4 is 11.8 Å². The molecule has 0 aromatic heterocycles. The minimum Gasteiger partial charge on any atom is -0.310 e. The van der Waals surface area contributed by atoms with Crippen LogP contribution < -0.4 is 5.32 Å². The molecule has 18 heavy (non-hydrogen) atoms. The van der Waals surface area contributed by atoms with Crippen LogP contribution in [0.1, 0.15) is 19.3 Å². The fourth-order valence-corrected chi connectivity index (χ4v) is 3.96. The average Bonchev–Trinajstić information content (AvgIpc) is 2.73. The first kappa shape index (κ1) is 12.5. The van der Waals surface area contributed by atoms with Gasteiger partial charge in [0.1, 0.15) is 0 Å². The fraction of sp³-hybridized carbons (Fsp3) is 0.600. The lowest BCUT2D eigenvalue weighted by molar-refractivity contribution is 0.274. The van der Waals surface area contributed by atoms with Crippen molar-refractivity contribution in [3.8, 4) is 0 Å². The Bertz CT molecular complexity index is 368. The summed E-state index contributed by atoms with van der Waals surface area (Å²) >= 11 is 1.98. The zero-order chi connectivity index (χ0) is 12.2. The summed E-state index contributed by atoms with van der Waals surface area (Å²) in [4.78, 5) is 4.04. The Morgan fingerprint density at radius 3 is 2.83 bits per heavy atom. The molecule has 2 aliphatic heterocycles. The Balaban J connectivity index is 1.43. The van der Waals surface area contributed by atoms with E-state index in [0.29, 0.717) is 0 Å². The Labute approximate surface area is 114 Å². The van der Waals surface area contributed by atoms with Crippen molar-refractivity contribution < 1.29 is 0 Å². The molecule has 0 aliphatic carbocycles. The van der Waals surface area contributed by atoms with Gasteiger partial charge in [0.15, 0.2) is 0 Å². The SMILES string of the molecule is c1ccc(SCCN2CCC3CCC(C2)N3)cc1. The zero-order valence-corrected chi connectivity index (χ0v) is 11.7.